The summed E-state index contributed by atoms with van der Waals surface area (Å²) in [4.78, 5) is 32.6. The highest BCUT2D eigenvalue weighted by Crippen LogP contribution is 1.98. The molecule has 0 aromatic heterocycles. The number of carbonyl (C=O) groups excluding carboxylic acids is 2. The third-order valence-electron chi connectivity index (χ3n) is 1.65. The molecular weight excluding hydrogens is 240 g/mol. The molecule has 0 aliphatic heterocycles. The molecule has 0 aromatic carbocycles. The van der Waals surface area contributed by atoms with Gasteiger partial charge in [-0.15, -0.1) is 0 Å². The minimum Gasteiger partial charge on any atom is -0.480 e. The van der Waals surface area contributed by atoms with Crippen LogP contribution in [0, 0.1) is 0 Å². The van der Waals surface area contributed by atoms with Gasteiger partial charge < -0.3 is 20.5 Å². The zero-order valence-corrected chi connectivity index (χ0v) is 10.9. The van der Waals surface area contributed by atoms with E-state index in [1.54, 1.807) is 0 Å². The summed E-state index contributed by atoms with van der Waals surface area (Å²) in [6.45, 7) is 4.94. The molecule has 0 atom stereocenters. The van der Waals surface area contributed by atoms with Gasteiger partial charge in [-0.25, -0.2) is 4.79 Å². The molecule has 2 amide bonds. The second-order valence-electron chi connectivity index (χ2n) is 4.78. The Bertz CT molecular complexity index is 309. The molecule has 0 unspecified atom stereocenters. The molecule has 0 aliphatic carbocycles. The van der Waals surface area contributed by atoms with Crippen molar-refractivity contribution in [3.05, 3.63) is 0 Å². The molecule has 104 valence electrons. The zero-order chi connectivity index (χ0) is 14.2. The molecule has 0 rings (SSSR count). The van der Waals surface area contributed by atoms with Crippen LogP contribution in [-0.4, -0.2) is 48.2 Å². The Hall–Kier alpha value is -1.63. The van der Waals surface area contributed by atoms with Crippen molar-refractivity contribution in [1.29, 1.82) is 0 Å². The van der Waals surface area contributed by atoms with E-state index in [-0.39, 0.29) is 31.0 Å². The number of carboxylic acids is 1. The Morgan fingerprint density at radius 1 is 1.11 bits per heavy atom. The maximum atomic E-state index is 11.4. The molecule has 0 fully saturated rings. The summed E-state index contributed by atoms with van der Waals surface area (Å²) < 4.78 is 4.58. The Balaban J connectivity index is 3.62. The fraction of sp³-hybridized carbons (Fsp3) is 0.727. The van der Waals surface area contributed by atoms with E-state index in [0.29, 0.717) is 0 Å². The summed E-state index contributed by atoms with van der Waals surface area (Å²) >= 11 is 0. The van der Waals surface area contributed by atoms with Crippen molar-refractivity contribution in [3.63, 3.8) is 0 Å². The fourth-order valence-corrected chi connectivity index (χ4v) is 1.08. The van der Waals surface area contributed by atoms with E-state index >= 15 is 0 Å². The lowest BCUT2D eigenvalue weighted by atomic mass is 10.1. The summed E-state index contributed by atoms with van der Waals surface area (Å²) in [5.74, 6) is -1.73. The lowest BCUT2D eigenvalue weighted by Gasteiger charge is -2.20. The van der Waals surface area contributed by atoms with Crippen LogP contribution in [0.5, 0.6) is 0 Å². The number of carbonyl (C=O) groups is 3. The van der Waals surface area contributed by atoms with Crippen LogP contribution in [-0.2, 0) is 19.1 Å². The topological polar surface area (TPSA) is 105 Å². The molecule has 0 spiro atoms. The van der Waals surface area contributed by atoms with Crippen molar-refractivity contribution >= 4 is 17.8 Å². The number of hydrogen-bond donors (Lipinski definition) is 3. The Labute approximate surface area is 106 Å². The molecule has 0 radical (unpaired) electrons. The van der Waals surface area contributed by atoms with Crippen LogP contribution in [0.25, 0.3) is 0 Å². The van der Waals surface area contributed by atoms with Crippen LogP contribution >= 0.6 is 0 Å². The van der Waals surface area contributed by atoms with E-state index in [1.165, 1.54) is 0 Å². The molecule has 0 bridgehead atoms. The van der Waals surface area contributed by atoms with Gasteiger partial charge in [-0.3, -0.25) is 9.59 Å². The van der Waals surface area contributed by atoms with E-state index in [2.05, 4.69) is 15.4 Å². The van der Waals surface area contributed by atoms with Gasteiger partial charge in [0.15, 0.2) is 0 Å². The zero-order valence-electron chi connectivity index (χ0n) is 10.9. The maximum Gasteiger partial charge on any atom is 0.329 e. The van der Waals surface area contributed by atoms with Crippen LogP contribution in [0.15, 0.2) is 0 Å². The van der Waals surface area contributed by atoms with E-state index in [4.69, 9.17) is 5.11 Å². The van der Waals surface area contributed by atoms with Gasteiger partial charge in [0.2, 0.25) is 11.8 Å². The minimum atomic E-state index is -1.13. The number of aliphatic carboxylic acids is 1. The van der Waals surface area contributed by atoms with Gasteiger partial charge in [-0.1, -0.05) is 0 Å². The summed E-state index contributed by atoms with van der Waals surface area (Å²) in [7, 11) is 0. The molecular formula is C11H20N2O5. The van der Waals surface area contributed by atoms with Crippen LogP contribution in [0.3, 0.4) is 0 Å². The van der Waals surface area contributed by atoms with E-state index in [9.17, 15) is 14.4 Å². The monoisotopic (exact) mass is 260 g/mol. The molecule has 0 aliphatic rings. The maximum absolute atomic E-state index is 11.4. The van der Waals surface area contributed by atoms with Gasteiger partial charge in [-0.05, 0) is 20.8 Å². The summed E-state index contributed by atoms with van der Waals surface area (Å²) in [6.07, 6.45) is 0.169. The number of ether oxygens (including phenoxy) is 1. The van der Waals surface area contributed by atoms with Crippen LogP contribution in [0.4, 0.5) is 0 Å². The molecule has 3 N–H and O–H groups in total. The lowest BCUT2D eigenvalue weighted by molar-refractivity contribution is -0.143. The molecule has 7 heteroatoms. The van der Waals surface area contributed by atoms with E-state index in [0.717, 1.165) is 0 Å². The lowest BCUT2D eigenvalue weighted by Crippen LogP contribution is -2.42. The molecule has 0 saturated carbocycles. The first-order valence-electron chi connectivity index (χ1n) is 5.58. The average molecular weight is 260 g/mol. The number of hydrogen-bond acceptors (Lipinski definition) is 4. The second kappa shape index (κ2) is 7.65. The van der Waals surface area contributed by atoms with Gasteiger partial charge in [0.1, 0.15) is 13.2 Å². The Morgan fingerprint density at radius 3 is 2.22 bits per heavy atom. The van der Waals surface area contributed by atoms with E-state index in [1.807, 2.05) is 20.8 Å². The van der Waals surface area contributed by atoms with Crippen LogP contribution < -0.4 is 10.6 Å². The van der Waals surface area contributed by atoms with Crippen molar-refractivity contribution in [3.8, 4) is 0 Å². The third-order valence-corrected chi connectivity index (χ3v) is 1.65. The van der Waals surface area contributed by atoms with Crippen molar-refractivity contribution in [2.45, 2.75) is 32.7 Å². The van der Waals surface area contributed by atoms with Crippen molar-refractivity contribution in [2.24, 2.45) is 0 Å². The molecule has 0 saturated heterocycles. The highest BCUT2D eigenvalue weighted by molar-refractivity contribution is 5.80. The van der Waals surface area contributed by atoms with Crippen molar-refractivity contribution < 1.29 is 24.2 Å². The van der Waals surface area contributed by atoms with Crippen molar-refractivity contribution in [2.75, 3.05) is 19.8 Å². The first-order chi connectivity index (χ1) is 8.20. The normalized spacial score (nSPS) is 10.8. The Kier molecular flexibility index (Phi) is 6.96. The van der Waals surface area contributed by atoms with E-state index < -0.39 is 18.5 Å². The van der Waals surface area contributed by atoms with Gasteiger partial charge in [-0.2, -0.15) is 0 Å². The van der Waals surface area contributed by atoms with Gasteiger partial charge in [0.25, 0.3) is 0 Å². The number of carboxylic acid groups (broad SMARTS) is 1. The predicted octanol–water partition coefficient (Wildman–Crippen LogP) is -0.491. The summed E-state index contributed by atoms with van der Waals surface area (Å²) in [6, 6.07) is 0. The van der Waals surface area contributed by atoms with Crippen LogP contribution in [0.1, 0.15) is 27.2 Å². The molecule has 0 aromatic rings. The molecule has 0 heterocycles. The van der Waals surface area contributed by atoms with Crippen LogP contribution in [0.2, 0.25) is 0 Å². The molecule has 7 nitrogen and oxygen atoms in total. The highest BCUT2D eigenvalue weighted by atomic mass is 16.5. The summed E-state index contributed by atoms with van der Waals surface area (Å²) in [5, 5.41) is 13.5. The second-order valence-corrected chi connectivity index (χ2v) is 4.78. The van der Waals surface area contributed by atoms with Gasteiger partial charge in [0.05, 0.1) is 0 Å². The highest BCUT2D eigenvalue weighted by Gasteiger charge is 2.13. The van der Waals surface area contributed by atoms with Crippen molar-refractivity contribution in [1.82, 2.24) is 10.6 Å². The quantitative estimate of drug-likeness (QED) is 0.573. The number of amides is 2. The fourth-order valence-electron chi connectivity index (χ4n) is 1.08. The minimum absolute atomic E-state index is 0.158. The molecule has 18 heavy (non-hydrogen) atoms. The number of nitrogens with one attached hydrogen (secondary N) is 2. The first-order valence-corrected chi connectivity index (χ1v) is 5.58. The average Bonchev–Trinajstić information content (AvgIpc) is 2.13. The summed E-state index contributed by atoms with van der Waals surface area (Å²) in [5.41, 5.74) is -0.300. The predicted molar refractivity (Wildman–Crippen MR) is 64.0 cm³/mol. The smallest absolute Gasteiger partial charge is 0.329 e. The third kappa shape index (κ3) is 10.9. The SMILES string of the molecule is CC(C)(C)NC(=O)CCNC(=O)COCC(=O)O. The first kappa shape index (κ1) is 16.4. The number of rotatable bonds is 7. The Morgan fingerprint density at radius 2 is 1.72 bits per heavy atom. The standard InChI is InChI=1S/C11H20N2O5/c1-11(2,3)13-8(14)4-5-12-9(15)6-18-7-10(16)17/h4-7H2,1-3H3,(H,12,15)(H,13,14)(H,16,17). The largest absolute Gasteiger partial charge is 0.480 e. The van der Waals surface area contributed by atoms with Gasteiger partial charge >= 0.3 is 5.97 Å². The van der Waals surface area contributed by atoms with Gasteiger partial charge in [0, 0.05) is 18.5 Å².